The summed E-state index contributed by atoms with van der Waals surface area (Å²) in [5.41, 5.74) is 0.343. The topological polar surface area (TPSA) is 70.5 Å². The van der Waals surface area contributed by atoms with Crippen LogP contribution in [0.1, 0.15) is 50.2 Å². The highest BCUT2D eigenvalue weighted by Gasteiger charge is 2.49. The molecule has 0 aromatic carbocycles. The number of carboxylic acid groups (broad SMARTS) is 1. The molecule has 5 heteroatoms. The van der Waals surface area contributed by atoms with Crippen molar-refractivity contribution in [2.75, 3.05) is 4.90 Å². The monoisotopic (exact) mass is 276 g/mol. The van der Waals surface area contributed by atoms with E-state index in [0.29, 0.717) is 12.1 Å². The van der Waals surface area contributed by atoms with E-state index in [1.807, 2.05) is 27.7 Å². The van der Waals surface area contributed by atoms with Crippen molar-refractivity contribution in [1.82, 2.24) is 4.98 Å². The highest BCUT2D eigenvalue weighted by atomic mass is 16.4. The molecule has 1 atom stereocenters. The highest BCUT2D eigenvalue weighted by Crippen LogP contribution is 2.45. The molecule has 0 saturated carbocycles. The van der Waals surface area contributed by atoms with Gasteiger partial charge in [-0.25, -0.2) is 9.78 Å². The molecule has 1 aliphatic heterocycles. The smallest absolute Gasteiger partial charge is 0.413 e. The van der Waals surface area contributed by atoms with Gasteiger partial charge < -0.3 is 5.11 Å². The Morgan fingerprint density at radius 1 is 1.45 bits per heavy atom. The van der Waals surface area contributed by atoms with Crippen LogP contribution in [-0.4, -0.2) is 28.0 Å². The Morgan fingerprint density at radius 3 is 2.60 bits per heavy atom. The van der Waals surface area contributed by atoms with Crippen LogP contribution in [0.3, 0.4) is 0 Å². The van der Waals surface area contributed by atoms with Crippen molar-refractivity contribution in [3.8, 4) is 0 Å². The zero-order valence-corrected chi connectivity index (χ0v) is 12.3. The summed E-state index contributed by atoms with van der Waals surface area (Å²) in [6, 6.07) is 3.43. The lowest BCUT2D eigenvalue weighted by molar-refractivity contribution is 0.111. The summed E-state index contributed by atoms with van der Waals surface area (Å²) in [4.78, 5) is 28.2. The van der Waals surface area contributed by atoms with Gasteiger partial charge in [0.25, 0.3) is 0 Å². The maximum atomic E-state index is 11.8. The summed E-state index contributed by atoms with van der Waals surface area (Å²) in [7, 11) is 0. The molecular weight excluding hydrogens is 256 g/mol. The minimum absolute atomic E-state index is 0.234. The number of aldehydes is 1. The lowest BCUT2D eigenvalue weighted by Gasteiger charge is -2.51. The number of carbonyl (C=O) groups excluding carboxylic acids is 1. The zero-order valence-electron chi connectivity index (χ0n) is 12.3. The van der Waals surface area contributed by atoms with Gasteiger partial charge in [0, 0.05) is 0 Å². The Labute approximate surface area is 118 Å². The van der Waals surface area contributed by atoms with Crippen LogP contribution in [0.4, 0.5) is 10.6 Å². The molecule has 1 N–H and O–H groups in total. The Kier molecular flexibility index (Phi) is 3.32. The first kappa shape index (κ1) is 14.5. The Bertz CT molecular complexity index is 563. The van der Waals surface area contributed by atoms with Crippen LogP contribution in [-0.2, 0) is 6.42 Å². The largest absolute Gasteiger partial charge is 0.465 e. The molecule has 2 heterocycles. The van der Waals surface area contributed by atoms with Gasteiger partial charge in [0.05, 0.1) is 5.54 Å². The fourth-order valence-corrected chi connectivity index (χ4v) is 2.68. The molecule has 0 radical (unpaired) electrons. The molecule has 1 aromatic heterocycles. The SMILES string of the molecule is CC(C)(C)C1(C)CCc2ccc(C=O)nc2N1C(=O)O. The van der Waals surface area contributed by atoms with E-state index < -0.39 is 11.6 Å². The number of nitrogens with zero attached hydrogens (tertiary/aromatic N) is 2. The summed E-state index contributed by atoms with van der Waals surface area (Å²) in [6.07, 6.45) is 1.11. The van der Waals surface area contributed by atoms with Gasteiger partial charge in [0.1, 0.15) is 11.5 Å². The fourth-order valence-electron chi connectivity index (χ4n) is 2.68. The number of hydrogen-bond acceptors (Lipinski definition) is 3. The highest BCUT2D eigenvalue weighted by molar-refractivity contribution is 5.89. The quantitative estimate of drug-likeness (QED) is 0.800. The van der Waals surface area contributed by atoms with E-state index in [2.05, 4.69) is 4.98 Å². The van der Waals surface area contributed by atoms with E-state index >= 15 is 0 Å². The number of aryl methyl sites for hydroxylation is 1. The molecule has 1 unspecified atom stereocenters. The predicted octanol–water partition coefficient (Wildman–Crippen LogP) is 3.13. The van der Waals surface area contributed by atoms with Crippen LogP contribution in [0.15, 0.2) is 12.1 Å². The van der Waals surface area contributed by atoms with E-state index in [1.165, 1.54) is 4.90 Å². The number of hydrogen-bond donors (Lipinski definition) is 1. The van der Waals surface area contributed by atoms with Gasteiger partial charge in [-0.3, -0.25) is 9.69 Å². The third-order valence-electron chi connectivity index (χ3n) is 4.49. The molecule has 0 spiro atoms. The average molecular weight is 276 g/mol. The van der Waals surface area contributed by atoms with Crippen molar-refractivity contribution >= 4 is 18.2 Å². The minimum atomic E-state index is -1.03. The predicted molar refractivity (Wildman–Crippen MR) is 76.3 cm³/mol. The van der Waals surface area contributed by atoms with Crippen LogP contribution in [0.5, 0.6) is 0 Å². The number of fused-ring (bicyclic) bond motifs is 1. The summed E-state index contributed by atoms with van der Waals surface area (Å²) >= 11 is 0. The molecular formula is C15H20N2O3. The molecule has 1 aliphatic rings. The van der Waals surface area contributed by atoms with Crippen molar-refractivity contribution in [1.29, 1.82) is 0 Å². The Hall–Kier alpha value is -1.91. The van der Waals surface area contributed by atoms with Crippen molar-refractivity contribution in [3.05, 3.63) is 23.4 Å². The molecule has 5 nitrogen and oxygen atoms in total. The Balaban J connectivity index is 2.64. The average Bonchev–Trinajstić information content (AvgIpc) is 2.35. The van der Waals surface area contributed by atoms with Crippen molar-refractivity contribution in [2.24, 2.45) is 5.41 Å². The molecule has 1 aromatic rings. The molecule has 0 aliphatic carbocycles. The van der Waals surface area contributed by atoms with E-state index in [-0.39, 0.29) is 11.1 Å². The first-order valence-corrected chi connectivity index (χ1v) is 6.69. The third-order valence-corrected chi connectivity index (χ3v) is 4.49. The van der Waals surface area contributed by atoms with Crippen LogP contribution >= 0.6 is 0 Å². The first-order valence-electron chi connectivity index (χ1n) is 6.69. The molecule has 2 rings (SSSR count). The Morgan fingerprint density at radius 2 is 2.10 bits per heavy atom. The standard InChI is InChI=1S/C15H20N2O3/c1-14(2,3)15(4)8-7-10-5-6-11(9-18)16-12(10)17(15)13(19)20/h5-6,9H,7-8H2,1-4H3,(H,19,20). The second-order valence-electron chi connectivity index (χ2n) is 6.48. The van der Waals surface area contributed by atoms with Gasteiger partial charge in [-0.1, -0.05) is 26.8 Å². The number of pyridine rings is 1. The molecule has 20 heavy (non-hydrogen) atoms. The summed E-state index contributed by atoms with van der Waals surface area (Å²) in [5.74, 6) is 0.394. The number of rotatable bonds is 1. The lowest BCUT2D eigenvalue weighted by atomic mass is 9.69. The number of amides is 1. The first-order chi connectivity index (χ1) is 9.20. The maximum absolute atomic E-state index is 11.8. The molecule has 0 saturated heterocycles. The third kappa shape index (κ3) is 2.07. The second kappa shape index (κ2) is 4.58. The van der Waals surface area contributed by atoms with E-state index in [0.717, 1.165) is 18.4 Å². The molecule has 108 valence electrons. The number of carbonyl (C=O) groups is 2. The van der Waals surface area contributed by atoms with Gasteiger partial charge in [0.2, 0.25) is 0 Å². The number of anilines is 1. The van der Waals surface area contributed by atoms with Gasteiger partial charge in [-0.2, -0.15) is 0 Å². The van der Waals surface area contributed by atoms with Gasteiger partial charge in [-0.15, -0.1) is 0 Å². The normalized spacial score (nSPS) is 22.3. The second-order valence-corrected chi connectivity index (χ2v) is 6.48. The number of aromatic nitrogens is 1. The van der Waals surface area contributed by atoms with Crippen LogP contribution < -0.4 is 4.90 Å². The van der Waals surface area contributed by atoms with E-state index in [1.54, 1.807) is 12.1 Å². The summed E-state index contributed by atoms with van der Waals surface area (Å²) in [5, 5.41) is 9.65. The summed E-state index contributed by atoms with van der Waals surface area (Å²) < 4.78 is 0. The van der Waals surface area contributed by atoms with Crippen molar-refractivity contribution < 1.29 is 14.7 Å². The molecule has 0 bridgehead atoms. The van der Waals surface area contributed by atoms with Crippen LogP contribution in [0, 0.1) is 5.41 Å². The van der Waals surface area contributed by atoms with Crippen LogP contribution in [0.25, 0.3) is 0 Å². The summed E-state index contributed by atoms with van der Waals surface area (Å²) in [6.45, 7) is 8.02. The minimum Gasteiger partial charge on any atom is -0.465 e. The van der Waals surface area contributed by atoms with E-state index in [9.17, 15) is 14.7 Å². The van der Waals surface area contributed by atoms with Gasteiger partial charge in [0.15, 0.2) is 6.29 Å². The molecule has 0 fully saturated rings. The lowest BCUT2D eigenvalue weighted by Crippen LogP contribution is -2.60. The van der Waals surface area contributed by atoms with Crippen LogP contribution in [0.2, 0.25) is 0 Å². The van der Waals surface area contributed by atoms with Gasteiger partial charge in [-0.05, 0) is 36.8 Å². The van der Waals surface area contributed by atoms with Crippen molar-refractivity contribution in [3.63, 3.8) is 0 Å². The van der Waals surface area contributed by atoms with Crippen molar-refractivity contribution in [2.45, 2.75) is 46.1 Å². The zero-order chi connectivity index (χ0) is 15.1. The van der Waals surface area contributed by atoms with Gasteiger partial charge >= 0.3 is 6.09 Å². The molecule has 1 amide bonds. The maximum Gasteiger partial charge on any atom is 0.413 e. The fraction of sp³-hybridized carbons (Fsp3) is 0.533. The van der Waals surface area contributed by atoms with E-state index in [4.69, 9.17) is 0 Å².